The monoisotopic (exact) mass is 324 g/mol. The lowest BCUT2D eigenvalue weighted by atomic mass is 10.1. The molecule has 0 aliphatic carbocycles. The fourth-order valence-corrected chi connectivity index (χ4v) is 2.46. The molecule has 0 spiro atoms. The summed E-state index contributed by atoms with van der Waals surface area (Å²) in [6.45, 7) is 4.54. The normalized spacial score (nSPS) is 10.4. The molecule has 0 N–H and O–H groups in total. The van der Waals surface area contributed by atoms with Gasteiger partial charge in [-0.15, -0.1) is 0 Å². The van der Waals surface area contributed by atoms with Gasteiger partial charge in [0.15, 0.2) is 0 Å². The summed E-state index contributed by atoms with van der Waals surface area (Å²) in [5, 5.41) is 0.754. The van der Waals surface area contributed by atoms with Gasteiger partial charge in [-0.1, -0.05) is 39.7 Å². The molecule has 18 heavy (non-hydrogen) atoms. The Hall–Kier alpha value is -0.990. The lowest BCUT2D eigenvalue weighted by Crippen LogP contribution is -1.98. The highest BCUT2D eigenvalue weighted by Gasteiger charge is 2.04. The molecule has 2 rings (SSSR count). The van der Waals surface area contributed by atoms with Crippen LogP contribution < -0.4 is 4.74 Å². The SMILES string of the molecule is Cc1ccc(COc2ccc(Br)cc2C)c(Cl)c1. The molecular formula is C15H14BrClO. The minimum Gasteiger partial charge on any atom is -0.489 e. The molecular weight excluding hydrogens is 312 g/mol. The first kappa shape index (κ1) is 13.4. The lowest BCUT2D eigenvalue weighted by molar-refractivity contribution is 0.304. The predicted molar refractivity (Wildman–Crippen MR) is 79.4 cm³/mol. The van der Waals surface area contributed by atoms with Crippen molar-refractivity contribution in [2.24, 2.45) is 0 Å². The Balaban J connectivity index is 2.11. The zero-order valence-electron chi connectivity index (χ0n) is 10.3. The van der Waals surface area contributed by atoms with Gasteiger partial charge >= 0.3 is 0 Å². The third-order valence-electron chi connectivity index (χ3n) is 2.73. The fourth-order valence-electron chi connectivity index (χ4n) is 1.70. The van der Waals surface area contributed by atoms with Crippen LogP contribution in [0.3, 0.4) is 0 Å². The topological polar surface area (TPSA) is 9.23 Å². The number of hydrogen-bond acceptors (Lipinski definition) is 1. The highest BCUT2D eigenvalue weighted by Crippen LogP contribution is 2.24. The quantitative estimate of drug-likeness (QED) is 0.744. The van der Waals surface area contributed by atoms with Crippen molar-refractivity contribution in [3.63, 3.8) is 0 Å². The first-order chi connectivity index (χ1) is 8.56. The van der Waals surface area contributed by atoms with Crippen LogP contribution in [-0.2, 0) is 6.61 Å². The van der Waals surface area contributed by atoms with Crippen molar-refractivity contribution in [1.82, 2.24) is 0 Å². The average Bonchev–Trinajstić information content (AvgIpc) is 2.30. The van der Waals surface area contributed by atoms with Crippen LogP contribution in [0.1, 0.15) is 16.7 Å². The predicted octanol–water partition coefficient (Wildman–Crippen LogP) is 5.30. The molecule has 0 saturated carbocycles. The number of hydrogen-bond donors (Lipinski definition) is 0. The standard InChI is InChI=1S/C15H14BrClO/c1-10-3-4-12(14(17)7-10)9-18-15-6-5-13(16)8-11(15)2/h3-8H,9H2,1-2H3. The second kappa shape index (κ2) is 5.77. The van der Waals surface area contributed by atoms with Crippen molar-refractivity contribution < 1.29 is 4.74 Å². The molecule has 0 fully saturated rings. The van der Waals surface area contributed by atoms with Crippen molar-refractivity contribution in [3.05, 3.63) is 62.6 Å². The van der Waals surface area contributed by atoms with Gasteiger partial charge in [0.1, 0.15) is 12.4 Å². The van der Waals surface area contributed by atoms with Gasteiger partial charge in [-0.2, -0.15) is 0 Å². The van der Waals surface area contributed by atoms with E-state index >= 15 is 0 Å². The molecule has 0 bridgehead atoms. The van der Waals surface area contributed by atoms with Gasteiger partial charge in [-0.05, 0) is 49.2 Å². The maximum atomic E-state index is 6.17. The van der Waals surface area contributed by atoms with Crippen LogP contribution in [0.25, 0.3) is 0 Å². The third-order valence-corrected chi connectivity index (χ3v) is 3.57. The van der Waals surface area contributed by atoms with E-state index in [2.05, 4.69) is 15.9 Å². The number of halogens is 2. The first-order valence-corrected chi connectivity index (χ1v) is 6.87. The number of ether oxygens (including phenoxy) is 1. The molecule has 0 saturated heterocycles. The van der Waals surface area contributed by atoms with Gasteiger partial charge in [-0.25, -0.2) is 0 Å². The summed E-state index contributed by atoms with van der Waals surface area (Å²) in [7, 11) is 0. The Morgan fingerprint density at radius 2 is 1.89 bits per heavy atom. The van der Waals surface area contributed by atoms with Gasteiger partial charge < -0.3 is 4.74 Å². The molecule has 0 unspecified atom stereocenters. The van der Waals surface area contributed by atoms with Gasteiger partial charge in [-0.3, -0.25) is 0 Å². The third kappa shape index (κ3) is 3.27. The van der Waals surface area contributed by atoms with Crippen LogP contribution in [0.15, 0.2) is 40.9 Å². The fraction of sp³-hybridized carbons (Fsp3) is 0.200. The minimum absolute atomic E-state index is 0.488. The van der Waals surface area contributed by atoms with E-state index in [0.29, 0.717) is 6.61 Å². The van der Waals surface area contributed by atoms with E-state index in [9.17, 15) is 0 Å². The summed E-state index contributed by atoms with van der Waals surface area (Å²) in [5.41, 5.74) is 3.26. The van der Waals surface area contributed by atoms with Crippen LogP contribution in [0.4, 0.5) is 0 Å². The molecule has 3 heteroatoms. The summed E-state index contributed by atoms with van der Waals surface area (Å²) >= 11 is 9.61. The summed E-state index contributed by atoms with van der Waals surface area (Å²) in [5.74, 6) is 0.884. The van der Waals surface area contributed by atoms with E-state index in [1.807, 2.05) is 50.2 Å². The Morgan fingerprint density at radius 1 is 1.11 bits per heavy atom. The minimum atomic E-state index is 0.488. The molecule has 0 aliphatic rings. The molecule has 0 atom stereocenters. The lowest BCUT2D eigenvalue weighted by Gasteiger charge is -2.11. The van der Waals surface area contributed by atoms with E-state index in [1.165, 1.54) is 0 Å². The van der Waals surface area contributed by atoms with E-state index < -0.39 is 0 Å². The summed E-state index contributed by atoms with van der Waals surface area (Å²) in [6.07, 6.45) is 0. The zero-order valence-corrected chi connectivity index (χ0v) is 12.7. The van der Waals surface area contributed by atoms with Crippen molar-refractivity contribution in [2.75, 3.05) is 0 Å². The molecule has 0 aliphatic heterocycles. The van der Waals surface area contributed by atoms with Crippen LogP contribution in [-0.4, -0.2) is 0 Å². The number of benzene rings is 2. The van der Waals surface area contributed by atoms with E-state index in [-0.39, 0.29) is 0 Å². The van der Waals surface area contributed by atoms with Crippen LogP contribution in [0.5, 0.6) is 5.75 Å². The maximum absolute atomic E-state index is 6.17. The van der Waals surface area contributed by atoms with E-state index in [4.69, 9.17) is 16.3 Å². The van der Waals surface area contributed by atoms with Gasteiger partial charge in [0.05, 0.1) is 0 Å². The highest BCUT2D eigenvalue weighted by molar-refractivity contribution is 9.10. The molecule has 94 valence electrons. The van der Waals surface area contributed by atoms with E-state index in [0.717, 1.165) is 31.9 Å². The van der Waals surface area contributed by atoms with Crippen molar-refractivity contribution >= 4 is 27.5 Å². The molecule has 2 aromatic rings. The first-order valence-electron chi connectivity index (χ1n) is 5.70. The summed E-state index contributed by atoms with van der Waals surface area (Å²) in [4.78, 5) is 0. The highest BCUT2D eigenvalue weighted by atomic mass is 79.9. The van der Waals surface area contributed by atoms with Crippen molar-refractivity contribution in [3.8, 4) is 5.75 Å². The Morgan fingerprint density at radius 3 is 2.56 bits per heavy atom. The van der Waals surface area contributed by atoms with Crippen LogP contribution in [0.2, 0.25) is 5.02 Å². The molecule has 0 aromatic heterocycles. The van der Waals surface area contributed by atoms with Crippen LogP contribution in [0, 0.1) is 13.8 Å². The average molecular weight is 326 g/mol. The van der Waals surface area contributed by atoms with Crippen molar-refractivity contribution in [2.45, 2.75) is 20.5 Å². The van der Waals surface area contributed by atoms with E-state index in [1.54, 1.807) is 0 Å². The Kier molecular flexibility index (Phi) is 4.31. The maximum Gasteiger partial charge on any atom is 0.122 e. The number of aryl methyl sites for hydroxylation is 2. The smallest absolute Gasteiger partial charge is 0.122 e. The number of rotatable bonds is 3. The molecule has 0 radical (unpaired) electrons. The molecule has 0 amide bonds. The second-order valence-electron chi connectivity index (χ2n) is 4.29. The van der Waals surface area contributed by atoms with Gasteiger partial charge in [0.25, 0.3) is 0 Å². The Labute approximate surface area is 121 Å². The van der Waals surface area contributed by atoms with Crippen LogP contribution >= 0.6 is 27.5 Å². The van der Waals surface area contributed by atoms with Gasteiger partial charge in [0.2, 0.25) is 0 Å². The Bertz CT molecular complexity index is 515. The summed E-state index contributed by atoms with van der Waals surface area (Å²) < 4.78 is 6.85. The van der Waals surface area contributed by atoms with Gasteiger partial charge in [0, 0.05) is 15.1 Å². The molecule has 0 heterocycles. The summed E-state index contributed by atoms with van der Waals surface area (Å²) in [6, 6.07) is 12.0. The second-order valence-corrected chi connectivity index (χ2v) is 5.62. The molecule has 1 nitrogen and oxygen atoms in total. The zero-order chi connectivity index (χ0) is 13.1. The largest absolute Gasteiger partial charge is 0.489 e. The van der Waals surface area contributed by atoms with Crippen molar-refractivity contribution in [1.29, 1.82) is 0 Å². The molecule has 2 aromatic carbocycles.